The molecule has 0 saturated carbocycles. The van der Waals surface area contributed by atoms with Crippen LogP contribution in [0.4, 0.5) is 11.4 Å². The zero-order valence-corrected chi connectivity index (χ0v) is 20.0. The van der Waals surface area contributed by atoms with Crippen molar-refractivity contribution in [2.24, 2.45) is 10.9 Å². The van der Waals surface area contributed by atoms with Crippen LogP contribution in [0.2, 0.25) is 0 Å². The van der Waals surface area contributed by atoms with Gasteiger partial charge in [-0.25, -0.2) is 8.42 Å². The number of amidine groups is 1. The second kappa shape index (κ2) is 10.3. The van der Waals surface area contributed by atoms with E-state index in [9.17, 15) is 22.8 Å². The van der Waals surface area contributed by atoms with E-state index in [1.54, 1.807) is 0 Å². The fourth-order valence-electron chi connectivity index (χ4n) is 3.87. The molecule has 35 heavy (non-hydrogen) atoms. The third-order valence-electron chi connectivity index (χ3n) is 5.70. The lowest BCUT2D eigenvalue weighted by Gasteiger charge is -2.16. The molecule has 1 saturated heterocycles. The highest BCUT2D eigenvalue weighted by atomic mass is 32.2. The molecule has 4 rings (SSSR count). The van der Waals surface area contributed by atoms with Gasteiger partial charge in [-0.05, 0) is 43.7 Å². The molecule has 10 nitrogen and oxygen atoms in total. The molecule has 2 N–H and O–H groups in total. The average molecular weight is 499 g/mol. The molecule has 0 aromatic heterocycles. The van der Waals surface area contributed by atoms with Crippen molar-refractivity contribution in [2.75, 3.05) is 29.9 Å². The van der Waals surface area contributed by atoms with Crippen molar-refractivity contribution >= 4 is 45.0 Å². The fraction of sp³-hybridized carbons (Fsp3) is 0.333. The molecule has 2 aliphatic rings. The Morgan fingerprint density at radius 2 is 1.94 bits per heavy atom. The molecule has 1 unspecified atom stereocenters. The maximum Gasteiger partial charge on any atom is 0.311 e. The molecular formula is C24H26N4O6S. The first-order valence-corrected chi connectivity index (χ1v) is 12.7. The number of hydrogen-bond donors (Lipinski definition) is 2. The summed E-state index contributed by atoms with van der Waals surface area (Å²) in [4.78, 5) is 42.7. The zero-order valence-electron chi connectivity index (χ0n) is 19.2. The van der Waals surface area contributed by atoms with Crippen molar-refractivity contribution in [3.8, 4) is 0 Å². The maximum atomic E-state index is 12.6. The monoisotopic (exact) mass is 498 g/mol. The van der Waals surface area contributed by atoms with Crippen molar-refractivity contribution in [2.45, 2.75) is 31.1 Å². The molecule has 0 bridgehead atoms. The minimum Gasteiger partial charge on any atom is -0.455 e. The third kappa shape index (κ3) is 6.04. The van der Waals surface area contributed by atoms with E-state index in [2.05, 4.69) is 15.0 Å². The van der Waals surface area contributed by atoms with Gasteiger partial charge in [0, 0.05) is 37.3 Å². The molecule has 2 amide bonds. The number of anilines is 2. The second-order valence-electron chi connectivity index (χ2n) is 8.46. The van der Waals surface area contributed by atoms with E-state index >= 15 is 0 Å². The minimum absolute atomic E-state index is 0.00647. The summed E-state index contributed by atoms with van der Waals surface area (Å²) in [5, 5.41) is 2.53. The van der Waals surface area contributed by atoms with E-state index in [-0.39, 0.29) is 29.5 Å². The largest absolute Gasteiger partial charge is 0.455 e. The number of ether oxygens (including phenoxy) is 1. The first-order valence-electron chi connectivity index (χ1n) is 11.2. The molecule has 1 atom stereocenters. The van der Waals surface area contributed by atoms with Crippen LogP contribution in [-0.4, -0.2) is 51.7 Å². The molecule has 0 radical (unpaired) electrons. The van der Waals surface area contributed by atoms with Gasteiger partial charge >= 0.3 is 5.97 Å². The number of aliphatic imine (C=N–C) groups is 1. The molecule has 2 heterocycles. The number of esters is 1. The Morgan fingerprint density at radius 1 is 1.17 bits per heavy atom. The first-order chi connectivity index (χ1) is 16.7. The van der Waals surface area contributed by atoms with Gasteiger partial charge < -0.3 is 15.0 Å². The number of hydrogen-bond acceptors (Lipinski definition) is 7. The smallest absolute Gasteiger partial charge is 0.311 e. The predicted octanol–water partition coefficient (Wildman–Crippen LogP) is 2.00. The molecule has 1 fully saturated rings. The summed E-state index contributed by atoms with van der Waals surface area (Å²) in [5.74, 6) is -1.70. The van der Waals surface area contributed by atoms with E-state index in [0.29, 0.717) is 24.5 Å². The highest BCUT2D eigenvalue weighted by molar-refractivity contribution is 7.90. The lowest BCUT2D eigenvalue weighted by Crippen LogP contribution is -2.29. The van der Waals surface area contributed by atoms with Gasteiger partial charge in [0.05, 0.1) is 10.8 Å². The lowest BCUT2D eigenvalue weighted by molar-refractivity contribution is -0.151. The SMILES string of the molecule is Cc1ccc(N2CC(C(=O)OCC(=O)Nc3cccc(S(=O)(=O)NC4=NCCC4)c3)CC2=O)cc1. The molecular weight excluding hydrogens is 472 g/mol. The number of benzene rings is 2. The number of nitrogens with zero attached hydrogens (tertiary/aromatic N) is 2. The normalized spacial score (nSPS) is 17.7. The van der Waals surface area contributed by atoms with Gasteiger partial charge in [0.1, 0.15) is 5.84 Å². The van der Waals surface area contributed by atoms with E-state index < -0.39 is 34.4 Å². The first kappa shape index (κ1) is 24.4. The Bertz CT molecular complexity index is 1270. The highest BCUT2D eigenvalue weighted by Crippen LogP contribution is 2.26. The highest BCUT2D eigenvalue weighted by Gasteiger charge is 2.36. The van der Waals surface area contributed by atoms with Crippen LogP contribution in [0.25, 0.3) is 0 Å². The Labute approximate surface area is 203 Å². The van der Waals surface area contributed by atoms with Crippen LogP contribution in [0.3, 0.4) is 0 Å². The summed E-state index contributed by atoms with van der Waals surface area (Å²) < 4.78 is 32.7. The van der Waals surface area contributed by atoms with Crippen LogP contribution in [0.1, 0.15) is 24.8 Å². The Morgan fingerprint density at radius 3 is 2.66 bits per heavy atom. The third-order valence-corrected chi connectivity index (χ3v) is 7.08. The number of aryl methyl sites for hydroxylation is 1. The molecule has 2 aliphatic heterocycles. The number of sulfonamides is 1. The Balaban J connectivity index is 1.30. The van der Waals surface area contributed by atoms with E-state index in [1.807, 2.05) is 31.2 Å². The number of carbonyl (C=O) groups is 3. The van der Waals surface area contributed by atoms with Crippen molar-refractivity contribution in [1.82, 2.24) is 4.72 Å². The minimum atomic E-state index is -3.83. The summed E-state index contributed by atoms with van der Waals surface area (Å²) in [6.07, 6.45) is 1.37. The van der Waals surface area contributed by atoms with E-state index in [0.717, 1.165) is 12.0 Å². The molecule has 0 aliphatic carbocycles. The van der Waals surface area contributed by atoms with E-state index in [4.69, 9.17) is 4.74 Å². The lowest BCUT2D eigenvalue weighted by atomic mass is 10.1. The van der Waals surface area contributed by atoms with Crippen molar-refractivity contribution < 1.29 is 27.5 Å². The Hall–Kier alpha value is -3.73. The van der Waals surface area contributed by atoms with Gasteiger partial charge in [-0.3, -0.25) is 24.1 Å². The van der Waals surface area contributed by atoms with Crippen molar-refractivity contribution in [3.63, 3.8) is 0 Å². The standard InChI is InChI=1S/C24H26N4O6S/c1-16-7-9-19(10-8-16)28-14-17(12-23(28)30)24(31)34-15-22(29)26-18-4-2-5-20(13-18)35(32,33)27-21-6-3-11-25-21/h2,4-5,7-10,13,17H,3,6,11-12,14-15H2,1H3,(H,25,27)(H,26,29). The van der Waals surface area contributed by atoms with Crippen LogP contribution >= 0.6 is 0 Å². The van der Waals surface area contributed by atoms with Crippen LogP contribution in [-0.2, 0) is 29.1 Å². The van der Waals surface area contributed by atoms with Gasteiger partial charge in [0.25, 0.3) is 15.9 Å². The molecule has 0 spiro atoms. The van der Waals surface area contributed by atoms with Gasteiger partial charge in [-0.1, -0.05) is 23.8 Å². The van der Waals surface area contributed by atoms with Gasteiger partial charge in [-0.2, -0.15) is 0 Å². The molecule has 2 aromatic carbocycles. The number of nitrogens with one attached hydrogen (secondary N) is 2. The number of amides is 2. The van der Waals surface area contributed by atoms with Gasteiger partial charge in [0.2, 0.25) is 5.91 Å². The Kier molecular flexibility index (Phi) is 7.15. The fourth-order valence-corrected chi connectivity index (χ4v) is 5.00. The quantitative estimate of drug-likeness (QED) is 0.561. The van der Waals surface area contributed by atoms with Gasteiger partial charge in [0.15, 0.2) is 6.61 Å². The van der Waals surface area contributed by atoms with Crippen LogP contribution in [0, 0.1) is 12.8 Å². The summed E-state index contributed by atoms with van der Waals surface area (Å²) in [5.41, 5.74) is 2.01. The van der Waals surface area contributed by atoms with Crippen molar-refractivity contribution in [1.29, 1.82) is 0 Å². The average Bonchev–Trinajstić information content (AvgIpc) is 3.47. The number of rotatable bonds is 7. The van der Waals surface area contributed by atoms with Crippen LogP contribution in [0.5, 0.6) is 0 Å². The van der Waals surface area contributed by atoms with Crippen LogP contribution in [0.15, 0.2) is 58.4 Å². The zero-order chi connectivity index (χ0) is 25.0. The van der Waals surface area contributed by atoms with Gasteiger partial charge in [-0.15, -0.1) is 0 Å². The van der Waals surface area contributed by atoms with E-state index in [1.165, 1.54) is 29.2 Å². The number of carbonyl (C=O) groups excluding carboxylic acids is 3. The maximum absolute atomic E-state index is 12.6. The topological polar surface area (TPSA) is 134 Å². The predicted molar refractivity (Wildman–Crippen MR) is 130 cm³/mol. The summed E-state index contributed by atoms with van der Waals surface area (Å²) in [6.45, 7) is 2.16. The molecule has 2 aromatic rings. The molecule has 184 valence electrons. The van der Waals surface area contributed by atoms with Crippen molar-refractivity contribution in [3.05, 3.63) is 54.1 Å². The van der Waals surface area contributed by atoms with Crippen LogP contribution < -0.4 is 14.9 Å². The molecule has 11 heteroatoms. The summed E-state index contributed by atoms with van der Waals surface area (Å²) >= 11 is 0. The summed E-state index contributed by atoms with van der Waals surface area (Å²) in [7, 11) is -3.83. The second-order valence-corrected chi connectivity index (χ2v) is 10.1. The summed E-state index contributed by atoms with van der Waals surface area (Å²) in [6, 6.07) is 13.2.